The molecule has 2 aliphatic rings. The van der Waals surface area contributed by atoms with E-state index < -0.39 is 15.8 Å². The second kappa shape index (κ2) is 11.6. The molecule has 3 aromatic rings. The predicted molar refractivity (Wildman–Crippen MR) is 158 cm³/mol. The number of amides is 2. The molecule has 2 aliphatic heterocycles. The van der Waals surface area contributed by atoms with Crippen molar-refractivity contribution < 1.29 is 27.9 Å². The lowest BCUT2D eigenvalue weighted by Crippen LogP contribution is -2.43. The third-order valence-corrected chi connectivity index (χ3v) is 8.83. The molecule has 0 aliphatic carbocycles. The van der Waals surface area contributed by atoms with Gasteiger partial charge in [0.1, 0.15) is 0 Å². The number of nitrogens with zero attached hydrogens (tertiary/aromatic N) is 1. The average molecular weight is 575 g/mol. The van der Waals surface area contributed by atoms with E-state index in [2.05, 4.69) is 16.0 Å². The fourth-order valence-electron chi connectivity index (χ4n) is 4.94. The molecule has 0 spiro atoms. The summed E-state index contributed by atoms with van der Waals surface area (Å²) in [6.45, 7) is 3.62. The van der Waals surface area contributed by atoms with Crippen LogP contribution >= 0.6 is 0 Å². The monoisotopic (exact) mass is 574 g/mol. The van der Waals surface area contributed by atoms with E-state index in [1.54, 1.807) is 37.3 Å². The molecule has 0 saturated carbocycles. The standard InChI is InChI=1S/C30H30N4O6S/c1-19-17-24-25(18-23(19)30(37)38)33-29(36)26(24)27(20-5-3-2-4-6-20)32-22-9-7-21(8-10-22)28(35)31-11-12-34-13-15-41(39,40)16-14-34/h2-10,17-18,32H,11-16H2,1H3,(H,31,35)(H,33,36)(H,37,38)/b27-26+. The van der Waals surface area contributed by atoms with Gasteiger partial charge >= 0.3 is 5.97 Å². The van der Waals surface area contributed by atoms with Gasteiger partial charge in [0.25, 0.3) is 11.8 Å². The zero-order chi connectivity index (χ0) is 29.1. The highest BCUT2D eigenvalue weighted by Crippen LogP contribution is 2.39. The summed E-state index contributed by atoms with van der Waals surface area (Å²) in [6.07, 6.45) is 0. The first-order chi connectivity index (χ1) is 19.6. The molecule has 5 rings (SSSR count). The van der Waals surface area contributed by atoms with Crippen LogP contribution in [-0.2, 0) is 14.6 Å². The van der Waals surface area contributed by atoms with Crippen LogP contribution in [0.4, 0.5) is 11.4 Å². The van der Waals surface area contributed by atoms with Crippen molar-refractivity contribution in [1.29, 1.82) is 0 Å². The number of aryl methyl sites for hydroxylation is 1. The van der Waals surface area contributed by atoms with E-state index in [9.17, 15) is 27.9 Å². The molecular weight excluding hydrogens is 544 g/mol. The number of anilines is 2. The molecule has 10 nitrogen and oxygen atoms in total. The highest BCUT2D eigenvalue weighted by atomic mass is 32.2. The van der Waals surface area contributed by atoms with Crippen LogP contribution in [0.2, 0.25) is 0 Å². The number of rotatable bonds is 8. The summed E-state index contributed by atoms with van der Waals surface area (Å²) in [5.41, 5.74) is 4.51. The zero-order valence-electron chi connectivity index (χ0n) is 22.4. The maximum atomic E-state index is 13.2. The number of carbonyl (C=O) groups is 3. The maximum Gasteiger partial charge on any atom is 0.336 e. The highest BCUT2D eigenvalue weighted by molar-refractivity contribution is 7.91. The quantitative estimate of drug-likeness (QED) is 0.301. The molecule has 2 amide bonds. The predicted octanol–water partition coefficient (Wildman–Crippen LogP) is 3.09. The Balaban J connectivity index is 1.34. The molecule has 41 heavy (non-hydrogen) atoms. The van der Waals surface area contributed by atoms with Crippen molar-refractivity contribution >= 4 is 50.3 Å². The Morgan fingerprint density at radius 1 is 0.976 bits per heavy atom. The van der Waals surface area contributed by atoms with Gasteiger partial charge in [-0.05, 0) is 54.4 Å². The van der Waals surface area contributed by atoms with Crippen LogP contribution in [0.1, 0.15) is 37.4 Å². The van der Waals surface area contributed by atoms with Crippen LogP contribution in [0.5, 0.6) is 0 Å². The Labute approximate surface area is 238 Å². The van der Waals surface area contributed by atoms with Gasteiger partial charge < -0.3 is 21.1 Å². The number of benzene rings is 3. The first-order valence-corrected chi connectivity index (χ1v) is 15.0. The SMILES string of the molecule is Cc1cc2c(cc1C(=O)O)NC(=O)/C2=C(/Nc1ccc(C(=O)NCCN2CCS(=O)(=O)CC2)cc1)c1ccccc1. The van der Waals surface area contributed by atoms with Crippen LogP contribution in [0.3, 0.4) is 0 Å². The molecule has 4 N–H and O–H groups in total. The first kappa shape index (κ1) is 28.1. The van der Waals surface area contributed by atoms with Crippen molar-refractivity contribution in [3.05, 3.63) is 94.5 Å². The molecule has 0 atom stereocenters. The maximum absolute atomic E-state index is 13.2. The second-order valence-corrected chi connectivity index (χ2v) is 12.3. The Kier molecular flexibility index (Phi) is 7.91. The van der Waals surface area contributed by atoms with Gasteiger partial charge in [-0.25, -0.2) is 13.2 Å². The highest BCUT2D eigenvalue weighted by Gasteiger charge is 2.30. The Morgan fingerprint density at radius 3 is 2.32 bits per heavy atom. The van der Waals surface area contributed by atoms with Gasteiger partial charge in [0.2, 0.25) is 0 Å². The minimum Gasteiger partial charge on any atom is -0.478 e. The molecule has 0 bridgehead atoms. The van der Waals surface area contributed by atoms with Gasteiger partial charge in [0.15, 0.2) is 9.84 Å². The molecule has 11 heteroatoms. The van der Waals surface area contributed by atoms with E-state index in [-0.39, 0.29) is 28.9 Å². The molecule has 0 radical (unpaired) electrons. The Morgan fingerprint density at radius 2 is 1.66 bits per heavy atom. The van der Waals surface area contributed by atoms with Gasteiger partial charge in [0, 0.05) is 43.0 Å². The van der Waals surface area contributed by atoms with Gasteiger partial charge in [-0.2, -0.15) is 0 Å². The van der Waals surface area contributed by atoms with E-state index >= 15 is 0 Å². The number of aromatic carboxylic acids is 1. The van der Waals surface area contributed by atoms with E-state index in [4.69, 9.17) is 0 Å². The van der Waals surface area contributed by atoms with E-state index in [1.165, 1.54) is 6.07 Å². The summed E-state index contributed by atoms with van der Waals surface area (Å²) in [4.78, 5) is 39.5. The number of carboxylic acids is 1. The number of carboxylic acid groups (broad SMARTS) is 1. The lowest BCUT2D eigenvalue weighted by Gasteiger charge is -2.26. The zero-order valence-corrected chi connectivity index (χ0v) is 23.3. The number of nitrogens with one attached hydrogen (secondary N) is 3. The summed E-state index contributed by atoms with van der Waals surface area (Å²) < 4.78 is 23.2. The van der Waals surface area contributed by atoms with E-state index in [0.29, 0.717) is 65.5 Å². The van der Waals surface area contributed by atoms with Crippen molar-refractivity contribution in [2.45, 2.75) is 6.92 Å². The van der Waals surface area contributed by atoms with E-state index in [0.717, 1.165) is 5.56 Å². The van der Waals surface area contributed by atoms with Crippen molar-refractivity contribution in [3.63, 3.8) is 0 Å². The third-order valence-electron chi connectivity index (χ3n) is 7.22. The smallest absolute Gasteiger partial charge is 0.336 e. The number of fused-ring (bicyclic) bond motifs is 1. The number of sulfone groups is 1. The summed E-state index contributed by atoms with van der Waals surface area (Å²) in [6, 6.07) is 19.4. The third kappa shape index (κ3) is 6.31. The average Bonchev–Trinajstić information content (AvgIpc) is 3.27. The topological polar surface area (TPSA) is 145 Å². The Hall–Kier alpha value is -4.48. The van der Waals surface area contributed by atoms with Crippen LogP contribution in [0.25, 0.3) is 11.3 Å². The summed E-state index contributed by atoms with van der Waals surface area (Å²) in [5, 5.41) is 18.5. The normalized spacial score (nSPS) is 17.3. The van der Waals surface area contributed by atoms with Crippen LogP contribution in [-0.4, -0.2) is 73.9 Å². The molecule has 0 unspecified atom stereocenters. The van der Waals surface area contributed by atoms with Crippen LogP contribution < -0.4 is 16.0 Å². The minimum atomic E-state index is -2.94. The fraction of sp³-hybridized carbons (Fsp3) is 0.233. The number of hydrogen-bond acceptors (Lipinski definition) is 7. The largest absolute Gasteiger partial charge is 0.478 e. The fourth-order valence-corrected chi connectivity index (χ4v) is 6.22. The summed E-state index contributed by atoms with van der Waals surface area (Å²) in [5.74, 6) is -1.36. The first-order valence-electron chi connectivity index (χ1n) is 13.2. The molecule has 1 saturated heterocycles. The van der Waals surface area contributed by atoms with E-state index in [1.807, 2.05) is 35.2 Å². The lowest BCUT2D eigenvalue weighted by atomic mass is 9.96. The van der Waals surface area contributed by atoms with Gasteiger partial charge in [-0.15, -0.1) is 0 Å². The van der Waals surface area contributed by atoms with Gasteiger partial charge in [-0.3, -0.25) is 14.5 Å². The van der Waals surface area contributed by atoms with Crippen molar-refractivity contribution in [2.75, 3.05) is 48.3 Å². The molecule has 2 heterocycles. The van der Waals surface area contributed by atoms with Crippen molar-refractivity contribution in [3.8, 4) is 0 Å². The summed E-state index contributed by atoms with van der Waals surface area (Å²) >= 11 is 0. The molecule has 212 valence electrons. The van der Waals surface area contributed by atoms with Crippen molar-refractivity contribution in [1.82, 2.24) is 10.2 Å². The van der Waals surface area contributed by atoms with Crippen LogP contribution in [0.15, 0.2) is 66.7 Å². The summed E-state index contributed by atoms with van der Waals surface area (Å²) in [7, 11) is -2.94. The Bertz CT molecular complexity index is 1640. The number of carbonyl (C=O) groups excluding carboxylic acids is 2. The molecule has 1 fully saturated rings. The molecule has 3 aromatic carbocycles. The molecular formula is C30H30N4O6S. The molecule has 0 aromatic heterocycles. The number of hydrogen-bond donors (Lipinski definition) is 4. The van der Waals surface area contributed by atoms with Gasteiger partial charge in [0.05, 0.1) is 34.0 Å². The van der Waals surface area contributed by atoms with Gasteiger partial charge in [-0.1, -0.05) is 30.3 Å². The minimum absolute atomic E-state index is 0.122. The van der Waals surface area contributed by atoms with Crippen LogP contribution in [0, 0.1) is 6.92 Å². The second-order valence-electron chi connectivity index (χ2n) is 10.0. The van der Waals surface area contributed by atoms with Crippen molar-refractivity contribution in [2.24, 2.45) is 0 Å². The lowest BCUT2D eigenvalue weighted by molar-refractivity contribution is -0.110.